The van der Waals surface area contributed by atoms with E-state index in [1.807, 2.05) is 50.2 Å². The van der Waals surface area contributed by atoms with Gasteiger partial charge in [0.2, 0.25) is 0 Å². The number of alkyl halides is 6. The van der Waals surface area contributed by atoms with Crippen LogP contribution in [0.25, 0.3) is 22.3 Å². The summed E-state index contributed by atoms with van der Waals surface area (Å²) in [6.07, 6.45) is -8.78. The number of hydrogen-bond donors (Lipinski definition) is 2. The van der Waals surface area contributed by atoms with Crippen molar-refractivity contribution in [3.05, 3.63) is 179 Å². The van der Waals surface area contributed by atoms with Gasteiger partial charge in [0.1, 0.15) is 0 Å². The fourth-order valence-corrected chi connectivity index (χ4v) is 5.39. The van der Waals surface area contributed by atoms with Crippen molar-refractivity contribution in [1.29, 1.82) is 0 Å². The third-order valence-corrected chi connectivity index (χ3v) is 7.94. The van der Waals surface area contributed by atoms with Gasteiger partial charge in [0, 0.05) is 22.5 Å². The first-order chi connectivity index (χ1) is 24.7. The molecular weight excluding hydrogens is 678 g/mol. The molecule has 0 saturated heterocycles. The molecule has 0 radical (unpaired) electrons. The van der Waals surface area contributed by atoms with E-state index < -0.39 is 23.5 Å². The van der Waals surface area contributed by atoms with Gasteiger partial charge >= 0.3 is 12.4 Å². The van der Waals surface area contributed by atoms with Crippen molar-refractivity contribution in [2.24, 2.45) is 0 Å². The van der Waals surface area contributed by atoms with Crippen LogP contribution in [0.5, 0.6) is 0 Å². The zero-order valence-corrected chi connectivity index (χ0v) is 27.9. The predicted molar refractivity (Wildman–Crippen MR) is 192 cm³/mol. The molecule has 0 spiro atoms. The van der Waals surface area contributed by atoms with Crippen molar-refractivity contribution in [1.82, 2.24) is 0 Å². The Hall–Kier alpha value is -6.16. The van der Waals surface area contributed by atoms with Crippen LogP contribution in [0.4, 0.5) is 37.7 Å². The Bertz CT molecular complexity index is 2020. The summed E-state index contributed by atoms with van der Waals surface area (Å²) in [4.78, 5) is 25.3. The van der Waals surface area contributed by atoms with Gasteiger partial charge in [0.15, 0.2) is 0 Å². The largest absolute Gasteiger partial charge is 0.416 e. The molecule has 0 aromatic heterocycles. The first-order valence-electron chi connectivity index (χ1n) is 16.0. The van der Waals surface area contributed by atoms with Crippen molar-refractivity contribution < 1.29 is 35.9 Å². The van der Waals surface area contributed by atoms with Gasteiger partial charge in [-0.25, -0.2) is 0 Å². The molecule has 6 rings (SSSR count). The van der Waals surface area contributed by atoms with E-state index in [1.54, 1.807) is 60.7 Å². The lowest BCUT2D eigenvalue weighted by Gasteiger charge is -2.12. The molecule has 2 N–H and O–H groups in total. The summed E-state index contributed by atoms with van der Waals surface area (Å²) >= 11 is 0. The minimum atomic E-state index is -4.39. The number of halogens is 6. The van der Waals surface area contributed by atoms with E-state index in [4.69, 9.17) is 0 Å². The van der Waals surface area contributed by atoms with Crippen molar-refractivity contribution in [3.8, 4) is 22.3 Å². The highest BCUT2D eigenvalue weighted by atomic mass is 19.4. The van der Waals surface area contributed by atoms with Crippen LogP contribution in [0, 0.1) is 13.8 Å². The van der Waals surface area contributed by atoms with Gasteiger partial charge in [0.25, 0.3) is 11.8 Å². The number of carbonyl (C=O) groups is 2. The highest BCUT2D eigenvalue weighted by molar-refractivity contribution is 6.09. The Labute approximate surface area is 296 Å². The maximum atomic E-state index is 12.7. The van der Waals surface area contributed by atoms with Gasteiger partial charge in [-0.1, -0.05) is 84.9 Å². The lowest BCUT2D eigenvalue weighted by Crippen LogP contribution is -2.13. The Morgan fingerprint density at radius 2 is 0.788 bits per heavy atom. The molecule has 0 heterocycles. The SMILES string of the molecule is Cc1cccc(NC(=O)c2ccccc2-c2ccc(C(F)(F)F)cc2)c1.Cc1cccc(NC(=O)c2ccccc2-c2ccc(C(F)(F)F)cc2)c1. The van der Waals surface area contributed by atoms with Crippen LogP contribution >= 0.6 is 0 Å². The maximum absolute atomic E-state index is 12.7. The summed E-state index contributed by atoms with van der Waals surface area (Å²) in [5.41, 5.74) is 4.96. The number of benzene rings is 6. The molecule has 0 bridgehead atoms. The zero-order valence-electron chi connectivity index (χ0n) is 27.9. The highest BCUT2D eigenvalue weighted by Crippen LogP contribution is 2.33. The molecule has 6 aromatic rings. The molecule has 0 atom stereocenters. The molecule has 0 aliphatic carbocycles. The molecule has 0 unspecified atom stereocenters. The van der Waals surface area contributed by atoms with Crippen molar-refractivity contribution in [3.63, 3.8) is 0 Å². The van der Waals surface area contributed by atoms with Crippen molar-refractivity contribution in [2.75, 3.05) is 10.6 Å². The normalized spacial score (nSPS) is 11.2. The second kappa shape index (κ2) is 15.8. The third-order valence-electron chi connectivity index (χ3n) is 7.94. The van der Waals surface area contributed by atoms with Gasteiger partial charge < -0.3 is 10.6 Å². The van der Waals surface area contributed by atoms with E-state index in [9.17, 15) is 35.9 Å². The smallest absolute Gasteiger partial charge is 0.322 e. The summed E-state index contributed by atoms with van der Waals surface area (Å²) in [5.74, 6) is -0.628. The number of aryl methyl sites for hydroxylation is 2. The number of nitrogens with one attached hydrogen (secondary N) is 2. The molecule has 4 nitrogen and oxygen atoms in total. The lowest BCUT2D eigenvalue weighted by atomic mass is 9.98. The van der Waals surface area contributed by atoms with Gasteiger partial charge in [-0.15, -0.1) is 0 Å². The van der Waals surface area contributed by atoms with E-state index in [1.165, 1.54) is 24.3 Å². The molecular formula is C42H32F6N2O2. The number of rotatable bonds is 6. The van der Waals surface area contributed by atoms with Crippen LogP contribution in [-0.4, -0.2) is 11.8 Å². The minimum absolute atomic E-state index is 0.314. The molecule has 264 valence electrons. The van der Waals surface area contributed by atoms with E-state index in [0.717, 1.165) is 35.4 Å². The number of hydrogen-bond acceptors (Lipinski definition) is 2. The fourth-order valence-electron chi connectivity index (χ4n) is 5.39. The number of amides is 2. The standard InChI is InChI=1S/2C21H16F3NO/c2*1-14-5-4-6-17(13-14)25-20(26)19-8-3-2-7-18(19)15-9-11-16(12-10-15)21(22,23)24/h2*2-13H,1H3,(H,25,26). The molecule has 2 amide bonds. The summed E-state index contributed by atoms with van der Waals surface area (Å²) in [6, 6.07) is 38.0. The van der Waals surface area contributed by atoms with Crippen LogP contribution in [0.2, 0.25) is 0 Å². The Morgan fingerprint density at radius 1 is 0.442 bits per heavy atom. The topological polar surface area (TPSA) is 58.2 Å². The van der Waals surface area contributed by atoms with Crippen LogP contribution < -0.4 is 10.6 Å². The molecule has 0 saturated carbocycles. The summed E-state index contributed by atoms with van der Waals surface area (Å²) < 4.78 is 76.4. The summed E-state index contributed by atoms with van der Waals surface area (Å²) in [6.45, 7) is 3.84. The Morgan fingerprint density at radius 3 is 1.12 bits per heavy atom. The average molecular weight is 711 g/mol. The van der Waals surface area contributed by atoms with Gasteiger partial charge in [-0.2, -0.15) is 26.3 Å². The first kappa shape index (κ1) is 37.1. The Kier molecular flexibility index (Phi) is 11.3. The molecule has 10 heteroatoms. The number of anilines is 2. The van der Waals surface area contributed by atoms with E-state index in [0.29, 0.717) is 44.8 Å². The van der Waals surface area contributed by atoms with Crippen LogP contribution in [0.15, 0.2) is 146 Å². The van der Waals surface area contributed by atoms with Crippen molar-refractivity contribution >= 4 is 23.2 Å². The average Bonchev–Trinajstić information content (AvgIpc) is 3.11. The second-order valence-electron chi connectivity index (χ2n) is 11.9. The minimum Gasteiger partial charge on any atom is -0.322 e. The fraction of sp³-hybridized carbons (Fsp3) is 0.0952. The van der Waals surface area contributed by atoms with Crippen LogP contribution in [0.1, 0.15) is 43.0 Å². The zero-order chi connectivity index (χ0) is 37.5. The van der Waals surface area contributed by atoms with E-state index >= 15 is 0 Å². The Balaban J connectivity index is 0.000000201. The second-order valence-corrected chi connectivity index (χ2v) is 11.9. The summed E-state index contributed by atoms with van der Waals surface area (Å²) in [7, 11) is 0. The van der Waals surface area contributed by atoms with Crippen molar-refractivity contribution in [2.45, 2.75) is 26.2 Å². The molecule has 0 aliphatic heterocycles. The van der Waals surface area contributed by atoms with Crippen LogP contribution in [-0.2, 0) is 12.4 Å². The molecule has 6 aromatic carbocycles. The predicted octanol–water partition coefficient (Wildman–Crippen LogP) is 11.9. The monoisotopic (exact) mass is 710 g/mol. The third kappa shape index (κ3) is 9.54. The van der Waals surface area contributed by atoms with E-state index in [2.05, 4.69) is 10.6 Å². The number of carbonyl (C=O) groups excluding carboxylic acids is 2. The maximum Gasteiger partial charge on any atom is 0.416 e. The quantitative estimate of drug-likeness (QED) is 0.169. The van der Waals surface area contributed by atoms with Gasteiger partial charge in [0.05, 0.1) is 11.1 Å². The first-order valence-corrected chi connectivity index (χ1v) is 16.0. The molecule has 0 aliphatic rings. The lowest BCUT2D eigenvalue weighted by molar-refractivity contribution is -0.138. The highest BCUT2D eigenvalue weighted by Gasteiger charge is 2.31. The van der Waals surface area contributed by atoms with Gasteiger partial charge in [-0.05, 0) is 108 Å². The molecule has 0 fully saturated rings. The molecule has 52 heavy (non-hydrogen) atoms. The van der Waals surface area contributed by atoms with Gasteiger partial charge in [-0.3, -0.25) is 9.59 Å². The summed E-state index contributed by atoms with van der Waals surface area (Å²) in [5, 5.41) is 5.65. The van der Waals surface area contributed by atoms with Crippen LogP contribution in [0.3, 0.4) is 0 Å². The van der Waals surface area contributed by atoms with E-state index in [-0.39, 0.29) is 11.8 Å².